The van der Waals surface area contributed by atoms with E-state index in [1.54, 1.807) is 0 Å². The first kappa shape index (κ1) is 15.9. The quantitative estimate of drug-likeness (QED) is 0.834. The van der Waals surface area contributed by atoms with Crippen LogP contribution in [-0.2, 0) is 0 Å². The average molecular weight is 307 g/mol. The summed E-state index contributed by atoms with van der Waals surface area (Å²) in [7, 11) is 0. The molecule has 1 aliphatic heterocycles. The van der Waals surface area contributed by atoms with E-state index in [2.05, 4.69) is 39.3 Å². The summed E-state index contributed by atoms with van der Waals surface area (Å²) >= 11 is 5.28. The molecule has 2 N–H and O–H groups in total. The number of piperidine rings is 1. The molecule has 0 atom stereocenters. The molecule has 1 fully saturated rings. The van der Waals surface area contributed by atoms with Crippen molar-refractivity contribution in [3.63, 3.8) is 0 Å². The molecule has 6 heteroatoms. The molecule has 1 aromatic heterocycles. The summed E-state index contributed by atoms with van der Waals surface area (Å²) in [5.74, 6) is 2.13. The number of hydrogen-bond donors (Lipinski definition) is 2. The Morgan fingerprint density at radius 3 is 2.67 bits per heavy atom. The average Bonchev–Trinajstić information content (AvgIpc) is 2.45. The zero-order valence-corrected chi connectivity index (χ0v) is 14.0. The van der Waals surface area contributed by atoms with E-state index in [0.717, 1.165) is 31.1 Å². The topological polar surface area (TPSA) is 53.1 Å². The third-order valence-corrected chi connectivity index (χ3v) is 3.66. The minimum absolute atomic E-state index is 0.548. The minimum atomic E-state index is 0.548. The fourth-order valence-corrected chi connectivity index (χ4v) is 2.51. The standard InChI is InChI=1S/C15H25N5S/c1-11(2)10-16-15(21)19-14-17-12(3)9-13(18-14)20-7-5-4-6-8-20/h9,11H,4-8,10H2,1-3H3,(H2,16,17,18,19,21). The molecule has 0 aliphatic carbocycles. The maximum Gasteiger partial charge on any atom is 0.231 e. The zero-order chi connectivity index (χ0) is 15.2. The van der Waals surface area contributed by atoms with E-state index < -0.39 is 0 Å². The van der Waals surface area contributed by atoms with Gasteiger partial charge in [0.05, 0.1) is 0 Å². The van der Waals surface area contributed by atoms with E-state index in [-0.39, 0.29) is 0 Å². The van der Waals surface area contributed by atoms with Crippen molar-refractivity contribution in [1.29, 1.82) is 0 Å². The van der Waals surface area contributed by atoms with Crippen LogP contribution < -0.4 is 15.5 Å². The molecule has 5 nitrogen and oxygen atoms in total. The second-order valence-electron chi connectivity index (χ2n) is 5.97. The Morgan fingerprint density at radius 2 is 2.00 bits per heavy atom. The first-order valence-corrected chi connectivity index (χ1v) is 8.11. The monoisotopic (exact) mass is 307 g/mol. The van der Waals surface area contributed by atoms with Gasteiger partial charge in [0.15, 0.2) is 5.11 Å². The number of anilines is 2. The zero-order valence-electron chi connectivity index (χ0n) is 13.1. The Kier molecular flexibility index (Phi) is 5.73. The van der Waals surface area contributed by atoms with Gasteiger partial charge in [-0.2, -0.15) is 4.98 Å². The smallest absolute Gasteiger partial charge is 0.231 e. The number of hydrogen-bond acceptors (Lipinski definition) is 4. The lowest BCUT2D eigenvalue weighted by Crippen LogP contribution is -2.33. The summed E-state index contributed by atoms with van der Waals surface area (Å²) in [6.45, 7) is 9.28. The van der Waals surface area contributed by atoms with Crippen LogP contribution >= 0.6 is 12.2 Å². The van der Waals surface area contributed by atoms with Gasteiger partial charge in [0.1, 0.15) is 5.82 Å². The van der Waals surface area contributed by atoms with Crippen molar-refractivity contribution in [1.82, 2.24) is 15.3 Å². The van der Waals surface area contributed by atoms with Gasteiger partial charge in [-0.3, -0.25) is 0 Å². The summed E-state index contributed by atoms with van der Waals surface area (Å²) in [6, 6.07) is 2.04. The van der Waals surface area contributed by atoms with Gasteiger partial charge in [-0.15, -0.1) is 0 Å². The number of aromatic nitrogens is 2. The van der Waals surface area contributed by atoms with Crippen molar-refractivity contribution in [3.05, 3.63) is 11.8 Å². The Hall–Kier alpha value is -1.43. The molecule has 1 aliphatic rings. The Balaban J connectivity index is 2.02. The molecule has 1 saturated heterocycles. The number of rotatable bonds is 4. The van der Waals surface area contributed by atoms with Gasteiger partial charge >= 0.3 is 0 Å². The maximum atomic E-state index is 5.28. The Labute approximate surface area is 132 Å². The second-order valence-corrected chi connectivity index (χ2v) is 6.38. The molecule has 0 unspecified atom stereocenters. The molecular formula is C15H25N5S. The Bertz CT molecular complexity index is 483. The first-order valence-electron chi connectivity index (χ1n) is 7.70. The van der Waals surface area contributed by atoms with E-state index in [1.807, 2.05) is 13.0 Å². The van der Waals surface area contributed by atoms with Crippen molar-refractivity contribution in [2.24, 2.45) is 5.92 Å². The first-order chi connectivity index (χ1) is 10.0. The fourth-order valence-electron chi connectivity index (χ4n) is 2.34. The number of nitrogens with one attached hydrogen (secondary N) is 2. The van der Waals surface area contributed by atoms with Gasteiger partial charge < -0.3 is 15.5 Å². The summed E-state index contributed by atoms with van der Waals surface area (Å²) in [6.07, 6.45) is 3.79. The third-order valence-electron chi connectivity index (χ3n) is 3.42. The Morgan fingerprint density at radius 1 is 1.29 bits per heavy atom. The van der Waals surface area contributed by atoms with Crippen LogP contribution in [0.4, 0.5) is 11.8 Å². The third kappa shape index (κ3) is 5.12. The van der Waals surface area contributed by atoms with E-state index in [9.17, 15) is 0 Å². The summed E-state index contributed by atoms with van der Waals surface area (Å²) < 4.78 is 0. The lowest BCUT2D eigenvalue weighted by atomic mass is 10.1. The highest BCUT2D eigenvalue weighted by Gasteiger charge is 2.14. The number of nitrogens with zero attached hydrogens (tertiary/aromatic N) is 3. The van der Waals surface area contributed by atoms with Gasteiger partial charge in [0.25, 0.3) is 0 Å². The van der Waals surface area contributed by atoms with Crippen LogP contribution in [0.5, 0.6) is 0 Å². The van der Waals surface area contributed by atoms with Gasteiger partial charge in [-0.25, -0.2) is 4.98 Å². The van der Waals surface area contributed by atoms with Crippen LogP contribution in [0, 0.1) is 12.8 Å². The maximum absolute atomic E-state index is 5.28. The van der Waals surface area contributed by atoms with Crippen LogP contribution in [0.25, 0.3) is 0 Å². The summed E-state index contributed by atoms with van der Waals surface area (Å²) in [5, 5.41) is 6.85. The van der Waals surface area contributed by atoms with Crippen LogP contribution in [0.1, 0.15) is 38.8 Å². The molecule has 0 aromatic carbocycles. The highest BCUT2D eigenvalue weighted by atomic mass is 32.1. The van der Waals surface area contributed by atoms with Gasteiger partial charge in [-0.05, 0) is 44.3 Å². The molecule has 21 heavy (non-hydrogen) atoms. The second kappa shape index (κ2) is 7.54. The fraction of sp³-hybridized carbons (Fsp3) is 0.667. The van der Waals surface area contributed by atoms with E-state index in [1.165, 1.54) is 19.3 Å². The lowest BCUT2D eigenvalue weighted by molar-refractivity contribution is 0.573. The predicted octanol–water partition coefficient (Wildman–Crippen LogP) is 2.72. The normalized spacial score (nSPS) is 15.1. The molecule has 116 valence electrons. The molecule has 0 spiro atoms. The number of thiocarbonyl (C=S) groups is 1. The van der Waals surface area contributed by atoms with Crippen LogP contribution in [0.2, 0.25) is 0 Å². The highest BCUT2D eigenvalue weighted by Crippen LogP contribution is 2.19. The van der Waals surface area contributed by atoms with Crippen molar-refractivity contribution < 1.29 is 0 Å². The molecule has 1 aromatic rings. The summed E-state index contributed by atoms with van der Waals surface area (Å²) in [5.41, 5.74) is 0.958. The lowest BCUT2D eigenvalue weighted by Gasteiger charge is -2.28. The van der Waals surface area contributed by atoms with Crippen molar-refractivity contribution in [3.8, 4) is 0 Å². The summed E-state index contributed by atoms with van der Waals surface area (Å²) in [4.78, 5) is 11.3. The highest BCUT2D eigenvalue weighted by molar-refractivity contribution is 7.80. The van der Waals surface area contributed by atoms with Crippen molar-refractivity contribution >= 4 is 29.1 Å². The minimum Gasteiger partial charge on any atom is -0.362 e. The molecule has 0 saturated carbocycles. The van der Waals surface area contributed by atoms with E-state index in [0.29, 0.717) is 17.0 Å². The van der Waals surface area contributed by atoms with Crippen molar-refractivity contribution in [2.45, 2.75) is 40.0 Å². The molecule has 0 radical (unpaired) electrons. The van der Waals surface area contributed by atoms with Gasteiger partial charge in [0, 0.05) is 31.4 Å². The molecular weight excluding hydrogens is 282 g/mol. The van der Waals surface area contributed by atoms with E-state index in [4.69, 9.17) is 12.2 Å². The SMILES string of the molecule is Cc1cc(N2CCCCC2)nc(NC(=S)NCC(C)C)n1. The number of aryl methyl sites for hydroxylation is 1. The van der Waals surface area contributed by atoms with E-state index >= 15 is 0 Å². The molecule has 2 rings (SSSR count). The van der Waals surface area contributed by atoms with Crippen LogP contribution in [0.3, 0.4) is 0 Å². The van der Waals surface area contributed by atoms with Gasteiger partial charge in [-0.1, -0.05) is 13.8 Å². The molecule has 0 amide bonds. The van der Waals surface area contributed by atoms with Gasteiger partial charge in [0.2, 0.25) is 5.95 Å². The molecule has 0 bridgehead atoms. The predicted molar refractivity (Wildman–Crippen MR) is 91.9 cm³/mol. The van der Waals surface area contributed by atoms with Crippen molar-refractivity contribution in [2.75, 3.05) is 29.9 Å². The van der Waals surface area contributed by atoms with Crippen LogP contribution in [0.15, 0.2) is 6.07 Å². The molecule has 2 heterocycles. The largest absolute Gasteiger partial charge is 0.362 e. The van der Waals surface area contributed by atoms with Crippen LogP contribution in [-0.4, -0.2) is 34.7 Å².